The summed E-state index contributed by atoms with van der Waals surface area (Å²) in [6.45, 7) is 6.54. The van der Waals surface area contributed by atoms with Crippen LogP contribution < -0.4 is 0 Å². The van der Waals surface area contributed by atoms with E-state index >= 15 is 0 Å². The summed E-state index contributed by atoms with van der Waals surface area (Å²) in [5, 5.41) is 9.34. The normalized spacial score (nSPS) is 50.7. The molecule has 0 aromatic carbocycles. The van der Waals surface area contributed by atoms with Crippen molar-refractivity contribution in [2.75, 3.05) is 0 Å². The van der Waals surface area contributed by atoms with Gasteiger partial charge in [-0.05, 0) is 24.2 Å². The maximum atomic E-state index is 9.34. The molecule has 54 valence electrons. The molecule has 1 rings (SSSR count). The third-order valence-electron chi connectivity index (χ3n) is 3.23. The van der Waals surface area contributed by atoms with E-state index in [1.807, 2.05) is 0 Å². The summed E-state index contributed by atoms with van der Waals surface area (Å²) in [5.74, 6) is 0.720. The molecule has 0 saturated heterocycles. The van der Waals surface area contributed by atoms with Gasteiger partial charge in [0, 0.05) is 0 Å². The van der Waals surface area contributed by atoms with E-state index in [1.165, 1.54) is 0 Å². The van der Waals surface area contributed by atoms with Crippen LogP contribution in [0.5, 0.6) is 0 Å². The first-order valence-corrected chi connectivity index (χ1v) is 3.79. The fourth-order valence-corrected chi connectivity index (χ4v) is 1.63. The number of hydrogen-bond acceptors (Lipinski definition) is 1. The molecular weight excluding hydrogens is 112 g/mol. The lowest BCUT2D eigenvalue weighted by Crippen LogP contribution is -2.49. The highest BCUT2D eigenvalue weighted by molar-refractivity contribution is 4.96. The van der Waals surface area contributed by atoms with Gasteiger partial charge in [0.05, 0.1) is 6.10 Å². The second-order valence-electron chi connectivity index (χ2n) is 3.51. The van der Waals surface area contributed by atoms with Crippen LogP contribution >= 0.6 is 0 Å². The molecule has 0 aromatic heterocycles. The molecule has 1 heteroatoms. The van der Waals surface area contributed by atoms with Crippen LogP contribution in [0.1, 0.15) is 33.6 Å². The molecule has 1 aliphatic carbocycles. The van der Waals surface area contributed by atoms with Crippen molar-refractivity contribution in [1.29, 1.82) is 0 Å². The number of rotatable bonds is 1. The van der Waals surface area contributed by atoms with Crippen molar-refractivity contribution >= 4 is 0 Å². The van der Waals surface area contributed by atoms with Gasteiger partial charge >= 0.3 is 0 Å². The van der Waals surface area contributed by atoms with Crippen molar-refractivity contribution in [3.05, 3.63) is 0 Å². The van der Waals surface area contributed by atoms with Crippen molar-refractivity contribution in [3.63, 3.8) is 0 Å². The van der Waals surface area contributed by atoms with Crippen LogP contribution in [0.15, 0.2) is 0 Å². The lowest BCUT2D eigenvalue weighted by atomic mass is 9.58. The monoisotopic (exact) mass is 128 g/mol. The van der Waals surface area contributed by atoms with Crippen molar-refractivity contribution in [2.24, 2.45) is 11.3 Å². The number of aliphatic hydroxyl groups excluding tert-OH is 1. The van der Waals surface area contributed by atoms with E-state index in [0.29, 0.717) is 0 Å². The fraction of sp³-hybridized carbons (Fsp3) is 1.00. The molecule has 0 aliphatic heterocycles. The standard InChI is InChI=1S/C8H16O/c1-4-8(3)6(2)5-7(8)9/h6-7,9H,4-5H2,1-3H3. The fourth-order valence-electron chi connectivity index (χ4n) is 1.63. The Kier molecular flexibility index (Phi) is 1.55. The molecule has 1 fully saturated rings. The largest absolute Gasteiger partial charge is 0.393 e. The number of aliphatic hydroxyl groups is 1. The van der Waals surface area contributed by atoms with E-state index in [1.54, 1.807) is 0 Å². The van der Waals surface area contributed by atoms with Gasteiger partial charge in [0.2, 0.25) is 0 Å². The topological polar surface area (TPSA) is 20.2 Å². The van der Waals surface area contributed by atoms with Crippen molar-refractivity contribution < 1.29 is 5.11 Å². The smallest absolute Gasteiger partial charge is 0.0599 e. The molecule has 9 heavy (non-hydrogen) atoms. The molecule has 3 unspecified atom stereocenters. The van der Waals surface area contributed by atoms with Crippen LogP contribution in [0.4, 0.5) is 0 Å². The van der Waals surface area contributed by atoms with Crippen LogP contribution in [0.3, 0.4) is 0 Å². The van der Waals surface area contributed by atoms with Crippen LogP contribution in [0, 0.1) is 11.3 Å². The summed E-state index contributed by atoms with van der Waals surface area (Å²) >= 11 is 0. The third kappa shape index (κ3) is 0.787. The quantitative estimate of drug-likeness (QED) is 0.571. The molecule has 1 nitrogen and oxygen atoms in total. The van der Waals surface area contributed by atoms with Crippen LogP contribution in [0.2, 0.25) is 0 Å². The first-order chi connectivity index (χ1) is 4.11. The van der Waals surface area contributed by atoms with Gasteiger partial charge in [-0.3, -0.25) is 0 Å². The van der Waals surface area contributed by atoms with Gasteiger partial charge in [0.25, 0.3) is 0 Å². The molecule has 0 spiro atoms. The van der Waals surface area contributed by atoms with Gasteiger partial charge in [-0.25, -0.2) is 0 Å². The Labute approximate surface area is 57.1 Å². The zero-order valence-corrected chi connectivity index (χ0v) is 6.52. The highest BCUT2D eigenvalue weighted by atomic mass is 16.3. The molecule has 3 atom stereocenters. The Morgan fingerprint density at radius 1 is 1.67 bits per heavy atom. The van der Waals surface area contributed by atoms with Gasteiger partial charge in [0.15, 0.2) is 0 Å². The SMILES string of the molecule is CCC1(C)C(C)CC1O. The lowest BCUT2D eigenvalue weighted by Gasteiger charge is -2.49. The zero-order chi connectivity index (χ0) is 7.07. The molecular formula is C8H16O. The van der Waals surface area contributed by atoms with E-state index in [4.69, 9.17) is 0 Å². The van der Waals surface area contributed by atoms with E-state index in [-0.39, 0.29) is 11.5 Å². The summed E-state index contributed by atoms with van der Waals surface area (Å²) in [6, 6.07) is 0. The molecule has 0 bridgehead atoms. The Balaban J connectivity index is 2.55. The zero-order valence-electron chi connectivity index (χ0n) is 6.52. The summed E-state index contributed by atoms with van der Waals surface area (Å²) < 4.78 is 0. The van der Waals surface area contributed by atoms with Gasteiger partial charge in [-0.1, -0.05) is 20.8 Å². The lowest BCUT2D eigenvalue weighted by molar-refractivity contribution is -0.105. The second kappa shape index (κ2) is 1.98. The summed E-state index contributed by atoms with van der Waals surface area (Å²) in [5.41, 5.74) is 0.236. The predicted molar refractivity (Wildman–Crippen MR) is 38.2 cm³/mol. The molecule has 1 N–H and O–H groups in total. The Morgan fingerprint density at radius 2 is 2.22 bits per heavy atom. The first-order valence-electron chi connectivity index (χ1n) is 3.79. The van der Waals surface area contributed by atoms with Crippen LogP contribution in [0.25, 0.3) is 0 Å². The van der Waals surface area contributed by atoms with E-state index in [9.17, 15) is 5.11 Å². The van der Waals surface area contributed by atoms with Gasteiger partial charge in [-0.2, -0.15) is 0 Å². The molecule has 0 heterocycles. The van der Waals surface area contributed by atoms with Gasteiger partial charge < -0.3 is 5.11 Å². The number of hydrogen-bond donors (Lipinski definition) is 1. The van der Waals surface area contributed by atoms with Gasteiger partial charge in [0.1, 0.15) is 0 Å². The summed E-state index contributed by atoms with van der Waals surface area (Å²) in [6.07, 6.45) is 2.08. The predicted octanol–water partition coefficient (Wildman–Crippen LogP) is 1.80. The minimum absolute atomic E-state index is 0.0301. The summed E-state index contributed by atoms with van der Waals surface area (Å²) in [4.78, 5) is 0. The Morgan fingerprint density at radius 3 is 2.33 bits per heavy atom. The van der Waals surface area contributed by atoms with E-state index in [2.05, 4.69) is 20.8 Å². The maximum Gasteiger partial charge on any atom is 0.0599 e. The Bertz CT molecular complexity index is 101. The average Bonchev–Trinajstić information content (AvgIpc) is 1.87. The third-order valence-corrected chi connectivity index (χ3v) is 3.23. The summed E-state index contributed by atoms with van der Waals surface area (Å²) in [7, 11) is 0. The van der Waals surface area contributed by atoms with E-state index in [0.717, 1.165) is 18.8 Å². The van der Waals surface area contributed by atoms with Crippen LogP contribution in [-0.2, 0) is 0 Å². The second-order valence-corrected chi connectivity index (χ2v) is 3.51. The molecule has 1 aliphatic rings. The molecule has 0 aromatic rings. The Hall–Kier alpha value is -0.0400. The molecule has 0 radical (unpaired) electrons. The van der Waals surface area contributed by atoms with Crippen LogP contribution in [-0.4, -0.2) is 11.2 Å². The highest BCUT2D eigenvalue weighted by Crippen LogP contribution is 2.48. The van der Waals surface area contributed by atoms with Gasteiger partial charge in [-0.15, -0.1) is 0 Å². The van der Waals surface area contributed by atoms with Crippen molar-refractivity contribution in [2.45, 2.75) is 39.7 Å². The highest BCUT2D eigenvalue weighted by Gasteiger charge is 2.46. The average molecular weight is 128 g/mol. The first kappa shape index (κ1) is 7.07. The van der Waals surface area contributed by atoms with Crippen molar-refractivity contribution in [3.8, 4) is 0 Å². The molecule has 0 amide bonds. The maximum absolute atomic E-state index is 9.34. The molecule has 1 saturated carbocycles. The minimum atomic E-state index is -0.0301. The van der Waals surface area contributed by atoms with E-state index < -0.39 is 0 Å². The van der Waals surface area contributed by atoms with Crippen molar-refractivity contribution in [1.82, 2.24) is 0 Å². The minimum Gasteiger partial charge on any atom is -0.393 e.